The first-order valence-corrected chi connectivity index (χ1v) is 7.41. The molecule has 0 spiro atoms. The first-order valence-electron chi connectivity index (χ1n) is 5.59. The van der Waals surface area contributed by atoms with Gasteiger partial charge in [-0.3, -0.25) is 9.78 Å². The Hall–Kier alpha value is -1.50. The predicted octanol–water partition coefficient (Wildman–Crippen LogP) is 0.481. The summed E-state index contributed by atoms with van der Waals surface area (Å²) in [4.78, 5) is 17.0. The van der Waals surface area contributed by atoms with Gasteiger partial charge in [0.25, 0.3) is 5.91 Å². The lowest BCUT2D eigenvalue weighted by atomic mass is 10.2. The standard InChI is InChI=1S/C11H13FN2O3S/c12-10-8-13-3-2-9(10)11(15)14-4-1-6-18(16,17)7-5-14/h2-3,8H,1,4-7H2. The van der Waals surface area contributed by atoms with E-state index in [2.05, 4.69) is 4.98 Å². The summed E-state index contributed by atoms with van der Waals surface area (Å²) in [5, 5.41) is 0. The maximum Gasteiger partial charge on any atom is 0.256 e. The number of hydrogen-bond donors (Lipinski definition) is 0. The number of nitrogens with zero attached hydrogens (tertiary/aromatic N) is 2. The second-order valence-electron chi connectivity index (χ2n) is 4.15. The van der Waals surface area contributed by atoms with E-state index >= 15 is 0 Å². The van der Waals surface area contributed by atoms with Crippen LogP contribution in [0.15, 0.2) is 18.5 Å². The average molecular weight is 272 g/mol. The fourth-order valence-electron chi connectivity index (χ4n) is 1.86. The van der Waals surface area contributed by atoms with Crippen LogP contribution in [0.4, 0.5) is 4.39 Å². The van der Waals surface area contributed by atoms with Crippen LogP contribution in [0.2, 0.25) is 0 Å². The molecule has 1 fully saturated rings. The molecule has 2 rings (SSSR count). The van der Waals surface area contributed by atoms with Crippen LogP contribution in [0.1, 0.15) is 16.8 Å². The van der Waals surface area contributed by atoms with Gasteiger partial charge in [-0.2, -0.15) is 0 Å². The molecule has 1 aromatic heterocycles. The molecule has 18 heavy (non-hydrogen) atoms. The molecule has 2 heterocycles. The van der Waals surface area contributed by atoms with Crippen LogP contribution >= 0.6 is 0 Å². The summed E-state index contributed by atoms with van der Waals surface area (Å²) in [7, 11) is -3.08. The van der Waals surface area contributed by atoms with Crippen LogP contribution in [0.3, 0.4) is 0 Å². The monoisotopic (exact) mass is 272 g/mol. The molecule has 0 bridgehead atoms. The predicted molar refractivity (Wildman–Crippen MR) is 63.4 cm³/mol. The van der Waals surface area contributed by atoms with E-state index in [1.807, 2.05) is 0 Å². The Bertz CT molecular complexity index is 559. The zero-order chi connectivity index (χ0) is 13.2. The Morgan fingerprint density at radius 1 is 1.33 bits per heavy atom. The molecule has 1 aliphatic heterocycles. The number of rotatable bonds is 1. The fourth-order valence-corrected chi connectivity index (χ4v) is 3.13. The topological polar surface area (TPSA) is 67.3 Å². The third-order valence-electron chi connectivity index (χ3n) is 2.85. The van der Waals surface area contributed by atoms with Gasteiger partial charge in [0.2, 0.25) is 0 Å². The lowest BCUT2D eigenvalue weighted by Crippen LogP contribution is -2.34. The number of halogens is 1. The van der Waals surface area contributed by atoms with Gasteiger partial charge in [0, 0.05) is 19.3 Å². The summed E-state index contributed by atoms with van der Waals surface area (Å²) in [5.41, 5.74) is -0.0655. The van der Waals surface area contributed by atoms with E-state index in [4.69, 9.17) is 0 Å². The molecule has 0 saturated carbocycles. The quantitative estimate of drug-likeness (QED) is 0.746. The van der Waals surface area contributed by atoms with Gasteiger partial charge in [0.1, 0.15) is 0 Å². The molecule has 0 atom stereocenters. The van der Waals surface area contributed by atoms with Crippen LogP contribution in [-0.4, -0.2) is 48.8 Å². The minimum atomic E-state index is -3.08. The van der Waals surface area contributed by atoms with Gasteiger partial charge in [0.15, 0.2) is 15.7 Å². The van der Waals surface area contributed by atoms with Crippen molar-refractivity contribution in [1.82, 2.24) is 9.88 Å². The smallest absolute Gasteiger partial charge is 0.256 e. The van der Waals surface area contributed by atoms with E-state index < -0.39 is 21.6 Å². The van der Waals surface area contributed by atoms with Crippen LogP contribution < -0.4 is 0 Å². The van der Waals surface area contributed by atoms with Crippen molar-refractivity contribution in [2.45, 2.75) is 6.42 Å². The normalized spacial score (nSPS) is 19.3. The maximum absolute atomic E-state index is 13.4. The number of sulfone groups is 1. The van der Waals surface area contributed by atoms with Crippen LogP contribution in [0, 0.1) is 5.82 Å². The molecule has 0 radical (unpaired) electrons. The molecule has 98 valence electrons. The highest BCUT2D eigenvalue weighted by atomic mass is 32.2. The van der Waals surface area contributed by atoms with Crippen molar-refractivity contribution < 1.29 is 17.6 Å². The van der Waals surface area contributed by atoms with Gasteiger partial charge < -0.3 is 4.90 Å². The summed E-state index contributed by atoms with van der Waals surface area (Å²) in [5.74, 6) is -1.15. The first-order chi connectivity index (χ1) is 8.49. The average Bonchev–Trinajstić information content (AvgIpc) is 2.50. The lowest BCUT2D eigenvalue weighted by Gasteiger charge is -2.19. The van der Waals surface area contributed by atoms with Crippen LogP contribution in [-0.2, 0) is 9.84 Å². The van der Waals surface area contributed by atoms with E-state index in [1.54, 1.807) is 0 Å². The first kappa shape index (κ1) is 12.9. The van der Waals surface area contributed by atoms with Crippen LogP contribution in [0.25, 0.3) is 0 Å². The van der Waals surface area contributed by atoms with E-state index in [-0.39, 0.29) is 23.6 Å². The number of amides is 1. The molecule has 1 amide bonds. The Morgan fingerprint density at radius 3 is 2.83 bits per heavy atom. The minimum Gasteiger partial charge on any atom is -0.338 e. The van der Waals surface area contributed by atoms with Gasteiger partial charge >= 0.3 is 0 Å². The van der Waals surface area contributed by atoms with Gasteiger partial charge in [-0.25, -0.2) is 12.8 Å². The summed E-state index contributed by atoms with van der Waals surface area (Å²) in [6.45, 7) is 0.447. The minimum absolute atomic E-state index is 0.0640. The SMILES string of the molecule is O=C(c1ccncc1F)N1CCCS(=O)(=O)CC1. The maximum atomic E-state index is 13.4. The van der Waals surface area contributed by atoms with Crippen molar-refractivity contribution in [2.75, 3.05) is 24.6 Å². The number of hydrogen-bond acceptors (Lipinski definition) is 4. The van der Waals surface area contributed by atoms with Gasteiger partial charge in [0.05, 0.1) is 23.3 Å². The van der Waals surface area contributed by atoms with Crippen molar-refractivity contribution in [2.24, 2.45) is 0 Å². The highest BCUT2D eigenvalue weighted by Gasteiger charge is 2.24. The van der Waals surface area contributed by atoms with Crippen molar-refractivity contribution in [3.63, 3.8) is 0 Å². The van der Waals surface area contributed by atoms with E-state index in [0.717, 1.165) is 6.20 Å². The second-order valence-corrected chi connectivity index (χ2v) is 6.46. The molecule has 5 nitrogen and oxygen atoms in total. The summed E-state index contributed by atoms with van der Waals surface area (Å²) >= 11 is 0. The molecule has 0 N–H and O–H groups in total. The molecular formula is C11H13FN2O3S. The van der Waals surface area contributed by atoms with Gasteiger partial charge in [-0.1, -0.05) is 0 Å². The summed E-state index contributed by atoms with van der Waals surface area (Å²) < 4.78 is 36.3. The van der Waals surface area contributed by atoms with Gasteiger partial charge in [-0.05, 0) is 12.5 Å². The van der Waals surface area contributed by atoms with Crippen molar-refractivity contribution >= 4 is 15.7 Å². The molecule has 0 unspecified atom stereocenters. The number of carbonyl (C=O) groups excluding carboxylic acids is 1. The third kappa shape index (κ3) is 2.84. The molecule has 0 aromatic carbocycles. The Balaban J connectivity index is 2.17. The van der Waals surface area contributed by atoms with Gasteiger partial charge in [-0.15, -0.1) is 0 Å². The second kappa shape index (κ2) is 5.01. The van der Waals surface area contributed by atoms with Crippen molar-refractivity contribution in [1.29, 1.82) is 0 Å². The van der Waals surface area contributed by atoms with E-state index in [9.17, 15) is 17.6 Å². The number of carbonyl (C=O) groups is 1. The van der Waals surface area contributed by atoms with E-state index in [1.165, 1.54) is 17.2 Å². The highest BCUT2D eigenvalue weighted by Crippen LogP contribution is 2.12. The molecule has 1 saturated heterocycles. The highest BCUT2D eigenvalue weighted by molar-refractivity contribution is 7.91. The Morgan fingerprint density at radius 2 is 2.11 bits per heavy atom. The Labute approximate surface area is 105 Å². The third-order valence-corrected chi connectivity index (χ3v) is 4.56. The molecule has 0 aliphatic carbocycles. The summed E-state index contributed by atoms with van der Waals surface area (Å²) in [6, 6.07) is 1.30. The summed E-state index contributed by atoms with van der Waals surface area (Å²) in [6.07, 6.45) is 2.70. The van der Waals surface area contributed by atoms with Crippen molar-refractivity contribution in [3.8, 4) is 0 Å². The zero-order valence-corrected chi connectivity index (χ0v) is 10.5. The lowest BCUT2D eigenvalue weighted by molar-refractivity contribution is 0.0763. The number of pyridine rings is 1. The molecular weight excluding hydrogens is 259 g/mol. The fraction of sp³-hybridized carbons (Fsp3) is 0.455. The van der Waals surface area contributed by atoms with Crippen molar-refractivity contribution in [3.05, 3.63) is 29.8 Å². The molecule has 1 aliphatic rings. The van der Waals surface area contributed by atoms with E-state index in [0.29, 0.717) is 13.0 Å². The largest absolute Gasteiger partial charge is 0.338 e. The molecule has 7 heteroatoms. The number of aromatic nitrogens is 1. The Kier molecular flexibility index (Phi) is 3.60. The van der Waals surface area contributed by atoms with Crippen LogP contribution in [0.5, 0.6) is 0 Å². The zero-order valence-electron chi connectivity index (χ0n) is 9.67. The molecule has 1 aromatic rings.